The first kappa shape index (κ1) is 19.7. The highest BCUT2D eigenvalue weighted by atomic mass is 16.1. The van der Waals surface area contributed by atoms with E-state index in [2.05, 4.69) is 38.3 Å². The van der Waals surface area contributed by atoms with E-state index in [-0.39, 0.29) is 5.91 Å². The molecule has 0 fully saturated rings. The van der Waals surface area contributed by atoms with Crippen LogP contribution in [-0.2, 0) is 20.1 Å². The van der Waals surface area contributed by atoms with Crippen LogP contribution >= 0.6 is 0 Å². The van der Waals surface area contributed by atoms with Crippen molar-refractivity contribution in [2.75, 3.05) is 0 Å². The van der Waals surface area contributed by atoms with Gasteiger partial charge in [-0.2, -0.15) is 0 Å². The number of amides is 1. The lowest BCUT2D eigenvalue weighted by Crippen LogP contribution is -2.24. The number of aryl methyl sites for hydroxylation is 1. The summed E-state index contributed by atoms with van der Waals surface area (Å²) in [5.74, 6) is 1.36. The van der Waals surface area contributed by atoms with Crippen molar-refractivity contribution in [1.82, 2.24) is 29.6 Å². The van der Waals surface area contributed by atoms with Gasteiger partial charge >= 0.3 is 0 Å². The maximum atomic E-state index is 12.8. The molecule has 0 radical (unpaired) electrons. The third-order valence-corrected chi connectivity index (χ3v) is 5.43. The van der Waals surface area contributed by atoms with Gasteiger partial charge in [0.05, 0.1) is 17.6 Å². The molecule has 5 aromatic rings. The average molecular weight is 422 g/mol. The van der Waals surface area contributed by atoms with Crippen LogP contribution in [0.4, 0.5) is 0 Å². The van der Waals surface area contributed by atoms with Gasteiger partial charge in [0.15, 0.2) is 5.82 Å². The van der Waals surface area contributed by atoms with Crippen molar-refractivity contribution < 1.29 is 4.79 Å². The zero-order valence-electron chi connectivity index (χ0n) is 17.6. The number of nitrogens with zero attached hydrogens (tertiary/aromatic N) is 5. The maximum Gasteiger partial charge on any atom is 0.251 e. The molecule has 7 nitrogen and oxygen atoms in total. The Hall–Kier alpha value is -4.26. The topological polar surface area (TPSA) is 77.6 Å². The largest absolute Gasteiger partial charge is 0.345 e. The van der Waals surface area contributed by atoms with Crippen LogP contribution in [0.25, 0.3) is 22.4 Å². The van der Waals surface area contributed by atoms with Crippen LogP contribution in [0.15, 0.2) is 85.2 Å². The van der Waals surface area contributed by atoms with Crippen LogP contribution < -0.4 is 5.32 Å². The Morgan fingerprint density at radius 2 is 1.78 bits per heavy atom. The molecule has 7 heteroatoms. The summed E-state index contributed by atoms with van der Waals surface area (Å²) < 4.78 is 3.98. The molecule has 0 unspecified atom stereocenters. The molecule has 0 atom stereocenters. The molecule has 0 saturated heterocycles. The number of carbonyl (C=O) groups excluding carboxylic acids is 1. The summed E-state index contributed by atoms with van der Waals surface area (Å²) in [5.41, 5.74) is 4.64. The fourth-order valence-corrected chi connectivity index (χ4v) is 3.75. The number of benzene rings is 3. The number of imidazole rings is 1. The average Bonchev–Trinajstić information content (AvgIpc) is 3.41. The Labute approximate surface area is 185 Å². The monoisotopic (exact) mass is 422 g/mol. The van der Waals surface area contributed by atoms with Gasteiger partial charge in [-0.3, -0.25) is 4.79 Å². The molecule has 3 aromatic carbocycles. The number of nitrogens with one attached hydrogen (secondary N) is 1. The summed E-state index contributed by atoms with van der Waals surface area (Å²) in [6.07, 6.45) is 1.61. The van der Waals surface area contributed by atoms with Crippen molar-refractivity contribution in [2.45, 2.75) is 13.1 Å². The maximum absolute atomic E-state index is 12.8. The highest BCUT2D eigenvalue weighted by Gasteiger charge is 2.15. The van der Waals surface area contributed by atoms with Gasteiger partial charge in [-0.1, -0.05) is 54.6 Å². The minimum absolute atomic E-state index is 0.166. The number of hydrogen-bond donors (Lipinski definition) is 1. The second-order valence-corrected chi connectivity index (χ2v) is 7.62. The number of para-hydroxylation sites is 2. The highest BCUT2D eigenvalue weighted by molar-refractivity contribution is 5.95. The molecule has 2 heterocycles. The zero-order valence-corrected chi connectivity index (χ0v) is 17.6. The summed E-state index contributed by atoms with van der Waals surface area (Å²) in [4.78, 5) is 17.7. The molecular weight excluding hydrogens is 400 g/mol. The van der Waals surface area contributed by atoms with Crippen molar-refractivity contribution in [1.29, 1.82) is 0 Å². The van der Waals surface area contributed by atoms with Crippen LogP contribution in [0.5, 0.6) is 0 Å². The van der Waals surface area contributed by atoms with Crippen molar-refractivity contribution in [3.8, 4) is 11.4 Å². The summed E-state index contributed by atoms with van der Waals surface area (Å²) in [6.45, 7) is 1.01. The van der Waals surface area contributed by atoms with E-state index < -0.39 is 0 Å². The first-order valence-corrected chi connectivity index (χ1v) is 10.4. The molecule has 32 heavy (non-hydrogen) atoms. The molecule has 158 valence electrons. The first-order valence-electron chi connectivity index (χ1n) is 10.4. The quantitative estimate of drug-likeness (QED) is 0.451. The standard InChI is InChI=1S/C25H22N6O/c1-30-17-27-29-23(30)15-26-25(32)20-11-7-10-19(14-20)24-28-21-12-5-6-13-22(21)31(24)16-18-8-3-2-4-9-18/h2-14,17H,15-16H2,1H3,(H,26,32). The summed E-state index contributed by atoms with van der Waals surface area (Å²) in [7, 11) is 1.85. The van der Waals surface area contributed by atoms with Crippen molar-refractivity contribution in [3.63, 3.8) is 0 Å². The Bertz CT molecular complexity index is 1390. The number of hydrogen-bond acceptors (Lipinski definition) is 4. The van der Waals surface area contributed by atoms with Gasteiger partial charge in [0.25, 0.3) is 5.91 Å². The van der Waals surface area contributed by atoms with Crippen LogP contribution in [0.2, 0.25) is 0 Å². The lowest BCUT2D eigenvalue weighted by Gasteiger charge is -2.11. The van der Waals surface area contributed by atoms with Gasteiger partial charge in [0, 0.05) is 24.7 Å². The third-order valence-electron chi connectivity index (χ3n) is 5.43. The molecule has 0 spiro atoms. The molecule has 2 aromatic heterocycles. The number of fused-ring (bicyclic) bond motifs is 1. The smallest absolute Gasteiger partial charge is 0.251 e. The van der Waals surface area contributed by atoms with E-state index in [0.29, 0.717) is 24.5 Å². The van der Waals surface area contributed by atoms with Crippen molar-refractivity contribution in [3.05, 3.63) is 102 Å². The Morgan fingerprint density at radius 1 is 0.969 bits per heavy atom. The minimum atomic E-state index is -0.166. The SMILES string of the molecule is Cn1cnnc1CNC(=O)c1cccc(-c2nc3ccccc3n2Cc2ccccc2)c1. The van der Waals surface area contributed by atoms with Crippen molar-refractivity contribution >= 4 is 16.9 Å². The van der Waals surface area contributed by atoms with Gasteiger partial charge in [-0.25, -0.2) is 4.98 Å². The summed E-state index contributed by atoms with van der Waals surface area (Å²) >= 11 is 0. The lowest BCUT2D eigenvalue weighted by atomic mass is 10.1. The molecule has 5 rings (SSSR count). The van der Waals surface area contributed by atoms with Crippen LogP contribution in [0, 0.1) is 0 Å². The Balaban J connectivity index is 1.48. The predicted molar refractivity (Wildman–Crippen MR) is 123 cm³/mol. The van der Waals surface area contributed by atoms with E-state index in [9.17, 15) is 4.79 Å². The number of rotatable bonds is 6. The van der Waals surface area contributed by atoms with Gasteiger partial charge in [-0.05, 0) is 29.8 Å². The Morgan fingerprint density at radius 3 is 2.59 bits per heavy atom. The molecule has 0 aliphatic carbocycles. The fraction of sp³-hybridized carbons (Fsp3) is 0.120. The highest BCUT2D eigenvalue weighted by Crippen LogP contribution is 2.26. The zero-order chi connectivity index (χ0) is 21.9. The lowest BCUT2D eigenvalue weighted by molar-refractivity contribution is 0.0949. The number of carbonyl (C=O) groups is 1. The number of aromatic nitrogens is 5. The molecule has 0 saturated carbocycles. The molecule has 0 aliphatic heterocycles. The molecule has 1 amide bonds. The predicted octanol–water partition coefficient (Wildman–Crippen LogP) is 3.81. The van der Waals surface area contributed by atoms with Gasteiger partial charge < -0.3 is 14.5 Å². The molecule has 1 N–H and O–H groups in total. The third kappa shape index (κ3) is 3.88. The van der Waals surface area contributed by atoms with Gasteiger partial charge in [-0.15, -0.1) is 10.2 Å². The van der Waals surface area contributed by atoms with E-state index >= 15 is 0 Å². The summed E-state index contributed by atoms with van der Waals surface area (Å²) in [6, 6.07) is 26.0. The molecule has 0 aliphatic rings. The van der Waals surface area contributed by atoms with Gasteiger partial charge in [0.2, 0.25) is 0 Å². The van der Waals surface area contributed by atoms with Crippen LogP contribution in [0.1, 0.15) is 21.7 Å². The summed E-state index contributed by atoms with van der Waals surface area (Å²) in [5, 5.41) is 10.8. The van der Waals surface area contributed by atoms with E-state index in [1.54, 1.807) is 17.0 Å². The second kappa shape index (κ2) is 8.47. The van der Waals surface area contributed by atoms with Crippen LogP contribution in [-0.4, -0.2) is 30.2 Å². The Kier molecular flexibility index (Phi) is 5.21. The van der Waals surface area contributed by atoms with E-state index in [1.807, 2.05) is 61.6 Å². The van der Waals surface area contributed by atoms with Gasteiger partial charge in [0.1, 0.15) is 12.2 Å². The fourth-order valence-electron chi connectivity index (χ4n) is 3.75. The van der Waals surface area contributed by atoms with Crippen molar-refractivity contribution in [2.24, 2.45) is 7.05 Å². The second-order valence-electron chi connectivity index (χ2n) is 7.62. The molecular formula is C25H22N6O. The van der Waals surface area contributed by atoms with Crippen LogP contribution in [0.3, 0.4) is 0 Å². The minimum Gasteiger partial charge on any atom is -0.345 e. The van der Waals surface area contributed by atoms with E-state index in [0.717, 1.165) is 22.4 Å². The first-order chi connectivity index (χ1) is 15.7. The molecule has 0 bridgehead atoms. The van der Waals surface area contributed by atoms with E-state index in [1.165, 1.54) is 5.56 Å². The normalized spacial score (nSPS) is 11.0. The van der Waals surface area contributed by atoms with E-state index in [4.69, 9.17) is 4.98 Å².